The molecule has 13 rings (SSSR count). The van der Waals surface area contributed by atoms with Crippen LogP contribution in [-0.4, -0.2) is 0 Å². The van der Waals surface area contributed by atoms with Crippen molar-refractivity contribution in [2.24, 2.45) is 0 Å². The van der Waals surface area contributed by atoms with Crippen LogP contribution in [0.25, 0.3) is 65.0 Å². The summed E-state index contributed by atoms with van der Waals surface area (Å²) in [5.41, 5.74) is 22.5. The maximum Gasteiger partial charge on any atom is 0.0740 e. The smallest absolute Gasteiger partial charge is 0.0740 e. The van der Waals surface area contributed by atoms with E-state index in [9.17, 15) is 0 Å². The molecule has 1 heterocycles. The first-order chi connectivity index (χ1) is 30.5. The van der Waals surface area contributed by atoms with Crippen LogP contribution in [0.2, 0.25) is 0 Å². The Bertz CT molecular complexity index is 3450. The molecule has 1 spiro atoms. The molecule has 0 amide bonds. The van der Waals surface area contributed by atoms with Crippen LogP contribution in [0, 0.1) is 0 Å². The summed E-state index contributed by atoms with van der Waals surface area (Å²) in [6, 6.07) is 79.5. The van der Waals surface area contributed by atoms with Crippen molar-refractivity contribution in [3.63, 3.8) is 0 Å². The fourth-order valence-electron chi connectivity index (χ4n) is 11.4. The zero-order valence-electron chi connectivity index (χ0n) is 34.6. The fourth-order valence-corrected chi connectivity index (χ4v) is 12.7. The Balaban J connectivity index is 1.08. The summed E-state index contributed by atoms with van der Waals surface area (Å²) in [5, 5.41) is 1.35. The summed E-state index contributed by atoms with van der Waals surface area (Å²) in [7, 11) is 0. The van der Waals surface area contributed by atoms with Crippen molar-refractivity contribution in [1.82, 2.24) is 0 Å². The Hall–Kier alpha value is -7.26. The van der Waals surface area contributed by atoms with Crippen LogP contribution >= 0.6 is 11.3 Å². The maximum absolute atomic E-state index is 2.57. The van der Waals surface area contributed by atoms with Gasteiger partial charge in [-0.15, -0.1) is 11.3 Å². The lowest BCUT2D eigenvalue weighted by Crippen LogP contribution is -2.26. The Morgan fingerprint density at radius 2 is 0.968 bits per heavy atom. The molecule has 0 N–H and O–H groups in total. The Labute approximate surface area is 366 Å². The van der Waals surface area contributed by atoms with Gasteiger partial charge in [0.2, 0.25) is 0 Å². The highest BCUT2D eigenvalue weighted by Crippen LogP contribution is 2.67. The van der Waals surface area contributed by atoms with Gasteiger partial charge in [0.25, 0.3) is 0 Å². The predicted octanol–water partition coefficient (Wildman–Crippen LogP) is 16.4. The molecule has 1 unspecified atom stereocenters. The van der Waals surface area contributed by atoms with E-state index in [0.29, 0.717) is 0 Å². The van der Waals surface area contributed by atoms with Crippen LogP contribution in [0.15, 0.2) is 212 Å². The molecule has 1 atom stereocenters. The summed E-state index contributed by atoms with van der Waals surface area (Å²) in [5.74, 6) is 0. The average Bonchev–Trinajstić information content (AvgIpc) is 4.02. The number of anilines is 3. The number of rotatable bonds is 5. The van der Waals surface area contributed by atoms with E-state index in [2.05, 4.69) is 231 Å². The van der Waals surface area contributed by atoms with Gasteiger partial charge < -0.3 is 4.90 Å². The molecule has 292 valence electrons. The minimum absolute atomic E-state index is 0.213. The zero-order chi connectivity index (χ0) is 41.2. The van der Waals surface area contributed by atoms with Gasteiger partial charge in [-0.2, -0.15) is 0 Å². The molecule has 1 aromatic heterocycles. The van der Waals surface area contributed by atoms with E-state index in [1.807, 2.05) is 11.3 Å². The van der Waals surface area contributed by atoms with Crippen molar-refractivity contribution in [3.8, 4) is 54.9 Å². The van der Waals surface area contributed by atoms with E-state index in [1.54, 1.807) is 0 Å². The minimum Gasteiger partial charge on any atom is -0.309 e. The van der Waals surface area contributed by atoms with Crippen LogP contribution in [0.3, 0.4) is 0 Å². The van der Waals surface area contributed by atoms with Crippen molar-refractivity contribution in [2.75, 3.05) is 4.90 Å². The molecule has 0 saturated carbocycles. The highest BCUT2D eigenvalue weighted by atomic mass is 32.1. The van der Waals surface area contributed by atoms with Gasteiger partial charge in [-0.1, -0.05) is 190 Å². The first-order valence-corrected chi connectivity index (χ1v) is 22.5. The van der Waals surface area contributed by atoms with E-state index < -0.39 is 5.41 Å². The molecule has 62 heavy (non-hydrogen) atoms. The second kappa shape index (κ2) is 13.1. The van der Waals surface area contributed by atoms with Crippen LogP contribution in [0.4, 0.5) is 17.1 Å². The number of nitrogens with zero attached hydrogens (tertiary/aromatic N) is 1. The summed E-state index contributed by atoms with van der Waals surface area (Å²) in [6.07, 6.45) is 0. The molecule has 0 saturated heterocycles. The van der Waals surface area contributed by atoms with Crippen molar-refractivity contribution < 1.29 is 0 Å². The molecular weight excluding hydrogens is 767 g/mol. The third-order valence-electron chi connectivity index (χ3n) is 14.1. The fraction of sp³-hybridized carbons (Fsp3) is 0.0667. The summed E-state index contributed by atoms with van der Waals surface area (Å²) in [6.45, 7) is 4.80. The van der Waals surface area contributed by atoms with Gasteiger partial charge in [-0.3, -0.25) is 0 Å². The van der Waals surface area contributed by atoms with Crippen molar-refractivity contribution in [3.05, 3.63) is 246 Å². The standard InChI is InChI=1S/C60H41NS/c1-59(2)51-36-40(38-18-5-3-6-19-38)32-34-43(51)44-35-33-41(37-52(44)59)61(53-29-15-11-22-42(53)39-20-7-4-8-21-39)54-30-17-28-50-56(54)45-23-9-13-26-48(45)60(50)49-27-14-10-24-46(49)58-57(60)47-25-12-16-31-55(47)62-58/h3-37H,1-2H3. The second-order valence-corrected chi connectivity index (χ2v) is 18.6. The third-order valence-corrected chi connectivity index (χ3v) is 15.3. The number of benzene rings is 9. The lowest BCUT2D eigenvalue weighted by molar-refractivity contribution is 0.660. The van der Waals surface area contributed by atoms with E-state index in [4.69, 9.17) is 0 Å². The van der Waals surface area contributed by atoms with Crippen LogP contribution in [0.1, 0.15) is 47.2 Å². The Morgan fingerprint density at radius 3 is 1.76 bits per heavy atom. The second-order valence-electron chi connectivity index (χ2n) is 17.5. The first-order valence-electron chi connectivity index (χ1n) is 21.7. The molecule has 3 aliphatic rings. The molecule has 10 aromatic rings. The van der Waals surface area contributed by atoms with Gasteiger partial charge >= 0.3 is 0 Å². The van der Waals surface area contributed by atoms with Crippen molar-refractivity contribution in [1.29, 1.82) is 0 Å². The van der Waals surface area contributed by atoms with Gasteiger partial charge in [0.15, 0.2) is 0 Å². The lowest BCUT2D eigenvalue weighted by atomic mass is 9.70. The van der Waals surface area contributed by atoms with Crippen LogP contribution < -0.4 is 4.90 Å². The average molecular weight is 808 g/mol. The lowest BCUT2D eigenvalue weighted by Gasteiger charge is -2.33. The maximum atomic E-state index is 2.57. The molecule has 0 aliphatic heterocycles. The topological polar surface area (TPSA) is 3.24 Å². The highest BCUT2D eigenvalue weighted by molar-refractivity contribution is 7.22. The predicted molar refractivity (Wildman–Crippen MR) is 261 cm³/mol. The van der Waals surface area contributed by atoms with Crippen LogP contribution in [0.5, 0.6) is 0 Å². The normalized spacial score (nSPS) is 15.8. The molecule has 9 aromatic carbocycles. The van der Waals surface area contributed by atoms with Gasteiger partial charge in [-0.25, -0.2) is 0 Å². The van der Waals surface area contributed by atoms with Crippen molar-refractivity contribution >= 4 is 38.5 Å². The molecule has 0 fully saturated rings. The quantitative estimate of drug-likeness (QED) is 0.167. The third kappa shape index (κ3) is 4.73. The molecule has 0 radical (unpaired) electrons. The monoisotopic (exact) mass is 807 g/mol. The molecule has 2 heteroatoms. The van der Waals surface area contributed by atoms with Crippen LogP contribution in [-0.2, 0) is 10.8 Å². The van der Waals surface area contributed by atoms with Gasteiger partial charge in [0.1, 0.15) is 0 Å². The number of para-hydroxylation sites is 1. The Kier molecular flexibility index (Phi) is 7.51. The summed E-state index contributed by atoms with van der Waals surface area (Å²) in [4.78, 5) is 3.95. The molecule has 1 nitrogen and oxygen atoms in total. The van der Waals surface area contributed by atoms with Gasteiger partial charge in [0.05, 0.1) is 16.8 Å². The summed E-state index contributed by atoms with van der Waals surface area (Å²) < 4.78 is 1.34. The SMILES string of the molecule is CC1(C)c2cc(-c3ccccc3)ccc2-c2ccc(N(c3ccccc3-c3ccccc3)c3cccc4c3-c3ccccc3C43c4ccccc4-c4sc5ccccc5c43)cc21. The molecule has 3 aliphatic carbocycles. The Morgan fingerprint density at radius 1 is 0.387 bits per heavy atom. The van der Waals surface area contributed by atoms with Gasteiger partial charge in [-0.05, 0) is 114 Å². The van der Waals surface area contributed by atoms with E-state index in [1.165, 1.54) is 104 Å². The minimum atomic E-state index is -0.462. The number of thiophene rings is 1. The van der Waals surface area contributed by atoms with E-state index in [-0.39, 0.29) is 5.41 Å². The van der Waals surface area contributed by atoms with Gasteiger partial charge in [0, 0.05) is 31.8 Å². The first kappa shape index (κ1) is 35.5. The largest absolute Gasteiger partial charge is 0.309 e. The number of hydrogen-bond acceptors (Lipinski definition) is 2. The highest BCUT2D eigenvalue weighted by Gasteiger charge is 2.54. The molecule has 0 bridgehead atoms. The van der Waals surface area contributed by atoms with E-state index in [0.717, 1.165) is 11.4 Å². The number of hydrogen-bond donors (Lipinski definition) is 0. The number of fused-ring (bicyclic) bond motifs is 15. The van der Waals surface area contributed by atoms with Crippen molar-refractivity contribution in [2.45, 2.75) is 24.7 Å². The molecular formula is C60H41NS. The van der Waals surface area contributed by atoms with E-state index >= 15 is 0 Å². The zero-order valence-corrected chi connectivity index (χ0v) is 35.4. The summed E-state index contributed by atoms with van der Waals surface area (Å²) >= 11 is 1.94.